The van der Waals surface area contributed by atoms with Crippen molar-refractivity contribution in [2.24, 2.45) is 4.99 Å². The Morgan fingerprint density at radius 2 is 2.17 bits per heavy atom. The van der Waals surface area contributed by atoms with Gasteiger partial charge in [0.15, 0.2) is 4.80 Å². The number of amides is 1. The van der Waals surface area contributed by atoms with Crippen LogP contribution in [-0.2, 0) is 6.54 Å². The number of ether oxygens (including phenoxy) is 1. The number of carbonyl (C=O) groups is 1. The van der Waals surface area contributed by atoms with Crippen LogP contribution in [0.15, 0.2) is 46.9 Å². The van der Waals surface area contributed by atoms with Gasteiger partial charge in [-0.15, -0.1) is 16.3 Å². The van der Waals surface area contributed by atoms with Gasteiger partial charge in [0.1, 0.15) is 5.75 Å². The number of thiazole rings is 1. The normalized spacial score (nSPS) is 11.5. The molecule has 0 N–H and O–H groups in total. The lowest BCUT2D eigenvalue weighted by molar-refractivity contribution is 0.210. The second-order valence-corrected chi connectivity index (χ2v) is 4.54. The van der Waals surface area contributed by atoms with Crippen LogP contribution in [0.5, 0.6) is 5.75 Å². The zero-order valence-electron chi connectivity index (χ0n) is 10.1. The van der Waals surface area contributed by atoms with Gasteiger partial charge in [-0.25, -0.2) is 4.79 Å². The van der Waals surface area contributed by atoms with Gasteiger partial charge in [-0.3, -0.25) is 0 Å². The molecule has 0 spiro atoms. The van der Waals surface area contributed by atoms with Gasteiger partial charge >= 0.3 is 6.09 Å². The second kappa shape index (κ2) is 6.16. The van der Waals surface area contributed by atoms with Crippen LogP contribution < -0.4 is 9.54 Å². The first-order valence-electron chi connectivity index (χ1n) is 5.75. The van der Waals surface area contributed by atoms with Crippen molar-refractivity contribution >= 4 is 17.4 Å². The molecule has 1 heterocycles. The highest BCUT2D eigenvalue weighted by molar-refractivity contribution is 7.07. The molecule has 18 heavy (non-hydrogen) atoms. The van der Waals surface area contributed by atoms with Gasteiger partial charge in [-0.2, -0.15) is 0 Å². The van der Waals surface area contributed by atoms with Crippen LogP contribution in [-0.4, -0.2) is 10.7 Å². The lowest BCUT2D eigenvalue weighted by Gasteiger charge is -2.00. The lowest BCUT2D eigenvalue weighted by Crippen LogP contribution is -2.17. The molecule has 0 bridgehead atoms. The average molecular weight is 262 g/mol. The molecule has 94 valence electrons. The van der Waals surface area contributed by atoms with Gasteiger partial charge in [0.25, 0.3) is 0 Å². The van der Waals surface area contributed by atoms with Crippen LogP contribution in [0, 0.1) is 0 Å². The lowest BCUT2D eigenvalue weighted by atomic mass is 10.3. The fourth-order valence-electron chi connectivity index (χ4n) is 1.49. The number of aryl methyl sites for hydroxylation is 1. The van der Waals surface area contributed by atoms with Crippen LogP contribution in [0.3, 0.4) is 0 Å². The molecule has 2 aromatic rings. The summed E-state index contributed by atoms with van der Waals surface area (Å²) in [5.74, 6) is 0.504. The van der Waals surface area contributed by atoms with Crippen LogP contribution in [0.1, 0.15) is 13.3 Å². The Kier molecular flexibility index (Phi) is 4.30. The topological polar surface area (TPSA) is 43.6 Å². The predicted octanol–water partition coefficient (Wildman–Crippen LogP) is 3.06. The maximum absolute atomic E-state index is 11.6. The van der Waals surface area contributed by atoms with Crippen molar-refractivity contribution in [1.29, 1.82) is 0 Å². The van der Waals surface area contributed by atoms with E-state index in [1.807, 2.05) is 34.3 Å². The zero-order chi connectivity index (χ0) is 12.8. The highest BCUT2D eigenvalue weighted by Gasteiger charge is 2.03. The molecule has 0 fully saturated rings. The first-order valence-corrected chi connectivity index (χ1v) is 6.63. The van der Waals surface area contributed by atoms with Gasteiger partial charge in [-0.1, -0.05) is 25.1 Å². The van der Waals surface area contributed by atoms with Crippen LogP contribution in [0.4, 0.5) is 4.79 Å². The minimum Gasteiger partial charge on any atom is -0.409 e. The second-order valence-electron chi connectivity index (χ2n) is 3.67. The van der Waals surface area contributed by atoms with Crippen molar-refractivity contribution in [3.05, 3.63) is 46.7 Å². The third-order valence-corrected chi connectivity index (χ3v) is 3.05. The quantitative estimate of drug-likeness (QED) is 0.853. The molecular formula is C13H14N2O2S. The van der Waals surface area contributed by atoms with Crippen LogP contribution in [0.2, 0.25) is 0 Å². The Balaban J connectivity index is 2.13. The SMILES string of the molecule is CCCn1ccs/c1=N\C(=O)Oc1ccccc1. The number of rotatable bonds is 3. The summed E-state index contributed by atoms with van der Waals surface area (Å²) in [7, 11) is 0. The summed E-state index contributed by atoms with van der Waals surface area (Å²) >= 11 is 1.42. The van der Waals surface area contributed by atoms with E-state index >= 15 is 0 Å². The Morgan fingerprint density at radius 3 is 2.89 bits per heavy atom. The number of benzene rings is 1. The van der Waals surface area contributed by atoms with Crippen molar-refractivity contribution in [3.63, 3.8) is 0 Å². The van der Waals surface area contributed by atoms with Crippen molar-refractivity contribution in [3.8, 4) is 5.75 Å². The number of aromatic nitrogens is 1. The van der Waals surface area contributed by atoms with E-state index < -0.39 is 6.09 Å². The largest absolute Gasteiger partial charge is 0.441 e. The Labute approximate surface area is 109 Å². The van der Waals surface area contributed by atoms with E-state index in [0.29, 0.717) is 10.6 Å². The maximum atomic E-state index is 11.6. The molecule has 1 amide bonds. The molecule has 0 aliphatic rings. The van der Waals surface area contributed by atoms with E-state index in [0.717, 1.165) is 13.0 Å². The van der Waals surface area contributed by atoms with Gasteiger partial charge in [0.2, 0.25) is 0 Å². The maximum Gasteiger partial charge on any atom is 0.441 e. The average Bonchev–Trinajstić information content (AvgIpc) is 2.78. The van der Waals surface area contributed by atoms with Crippen LogP contribution in [0.25, 0.3) is 0 Å². The molecule has 0 unspecified atom stereocenters. The minimum absolute atomic E-state index is 0.504. The fourth-order valence-corrected chi connectivity index (χ4v) is 2.23. The van der Waals surface area contributed by atoms with E-state index in [1.165, 1.54) is 11.3 Å². The first-order chi connectivity index (χ1) is 8.79. The van der Waals surface area contributed by atoms with E-state index in [9.17, 15) is 4.79 Å². The van der Waals surface area contributed by atoms with E-state index in [4.69, 9.17) is 4.74 Å². The molecule has 0 saturated heterocycles. The molecule has 0 saturated carbocycles. The highest BCUT2D eigenvalue weighted by atomic mass is 32.1. The summed E-state index contributed by atoms with van der Waals surface area (Å²) in [6, 6.07) is 8.93. The summed E-state index contributed by atoms with van der Waals surface area (Å²) < 4.78 is 7.05. The third kappa shape index (κ3) is 3.30. The molecule has 2 rings (SSSR count). The first kappa shape index (κ1) is 12.6. The van der Waals surface area contributed by atoms with Gasteiger partial charge in [0, 0.05) is 18.1 Å². The predicted molar refractivity (Wildman–Crippen MR) is 70.6 cm³/mol. The Hall–Kier alpha value is -1.88. The Bertz CT molecular complexity index is 572. The van der Waals surface area contributed by atoms with E-state index in [1.54, 1.807) is 12.1 Å². The molecular weight excluding hydrogens is 248 g/mol. The molecule has 0 radical (unpaired) electrons. The van der Waals surface area contributed by atoms with E-state index in [2.05, 4.69) is 11.9 Å². The van der Waals surface area contributed by atoms with Gasteiger partial charge in [0.05, 0.1) is 0 Å². The molecule has 5 heteroatoms. The molecule has 0 atom stereocenters. The monoisotopic (exact) mass is 262 g/mol. The third-order valence-electron chi connectivity index (χ3n) is 2.26. The van der Waals surface area contributed by atoms with Crippen molar-refractivity contribution < 1.29 is 9.53 Å². The van der Waals surface area contributed by atoms with Gasteiger partial charge in [-0.05, 0) is 18.6 Å². The molecule has 0 aliphatic carbocycles. The van der Waals surface area contributed by atoms with Crippen LogP contribution >= 0.6 is 11.3 Å². The van der Waals surface area contributed by atoms with E-state index in [-0.39, 0.29) is 0 Å². The summed E-state index contributed by atoms with van der Waals surface area (Å²) in [5.41, 5.74) is 0. The molecule has 1 aromatic heterocycles. The number of para-hydroxylation sites is 1. The standard InChI is InChI=1S/C13H14N2O2S/c1-2-8-15-9-10-18-12(15)14-13(16)17-11-6-4-3-5-7-11/h3-7,9-10H,2,8H2,1H3/b14-12-. The molecule has 4 nitrogen and oxygen atoms in total. The molecule has 1 aromatic carbocycles. The van der Waals surface area contributed by atoms with Crippen molar-refractivity contribution in [1.82, 2.24) is 4.57 Å². The number of hydrogen-bond acceptors (Lipinski definition) is 3. The Morgan fingerprint density at radius 1 is 1.39 bits per heavy atom. The van der Waals surface area contributed by atoms with Crippen molar-refractivity contribution in [2.45, 2.75) is 19.9 Å². The zero-order valence-corrected chi connectivity index (χ0v) is 10.9. The summed E-state index contributed by atoms with van der Waals surface area (Å²) in [6.45, 7) is 2.93. The minimum atomic E-state index is -0.589. The number of nitrogens with zero attached hydrogens (tertiary/aromatic N) is 2. The number of carbonyl (C=O) groups excluding carboxylic acids is 1. The van der Waals surface area contributed by atoms with Gasteiger partial charge < -0.3 is 9.30 Å². The fraction of sp³-hybridized carbons (Fsp3) is 0.231. The van der Waals surface area contributed by atoms with Crippen molar-refractivity contribution in [2.75, 3.05) is 0 Å². The summed E-state index contributed by atoms with van der Waals surface area (Å²) in [6.07, 6.45) is 2.33. The number of hydrogen-bond donors (Lipinski definition) is 0. The summed E-state index contributed by atoms with van der Waals surface area (Å²) in [5, 5.41) is 1.91. The smallest absolute Gasteiger partial charge is 0.409 e. The summed E-state index contributed by atoms with van der Waals surface area (Å²) in [4.78, 5) is 16.3. The highest BCUT2D eigenvalue weighted by Crippen LogP contribution is 2.08. The molecule has 0 aliphatic heterocycles.